The van der Waals surface area contributed by atoms with Crippen LogP contribution in [0.4, 0.5) is 0 Å². The van der Waals surface area contributed by atoms with Crippen molar-refractivity contribution in [3.8, 4) is 0 Å². The zero-order chi connectivity index (χ0) is 23.5. The van der Waals surface area contributed by atoms with Gasteiger partial charge in [0.1, 0.15) is 5.69 Å². The Morgan fingerprint density at radius 2 is 1.33 bits per heavy atom. The van der Waals surface area contributed by atoms with Crippen LogP contribution in [0.3, 0.4) is 0 Å². The molecule has 0 aliphatic heterocycles. The van der Waals surface area contributed by atoms with E-state index in [4.69, 9.17) is 10.5 Å². The molecule has 0 atom stereocenters. The molecular formula is C14H24N4O4S11. The van der Waals surface area contributed by atoms with Gasteiger partial charge in [0, 0.05) is 95.3 Å². The summed E-state index contributed by atoms with van der Waals surface area (Å²) in [5, 5.41) is 5.34. The van der Waals surface area contributed by atoms with Gasteiger partial charge in [0.15, 0.2) is 5.69 Å². The summed E-state index contributed by atoms with van der Waals surface area (Å²) in [5.41, 5.74) is 5.79. The molecule has 2 aromatic heterocycles. The number of carbonyl (C=O) groups excluding carboxylic acids is 2. The first-order valence-electron chi connectivity index (χ1n) is 8.20. The molecule has 2 aromatic rings. The van der Waals surface area contributed by atoms with Gasteiger partial charge in [0.25, 0.3) is 5.91 Å². The maximum Gasteiger partial charge on any atom is 0.357 e. The van der Waals surface area contributed by atoms with E-state index >= 15 is 0 Å². The fourth-order valence-corrected chi connectivity index (χ4v) is 16.6. The van der Waals surface area contributed by atoms with Crippen molar-refractivity contribution >= 4 is 119 Å². The SMILES string of the molecule is CCOC(=O)c1csc(CC)n1.CCc1nc(C(N)=O)cs1.N.O.S=S=S=S=S=S=S=S=S. The molecule has 0 aliphatic carbocycles. The first-order chi connectivity index (χ1) is 14.9. The Labute approximate surface area is 230 Å². The predicted octanol–water partition coefficient (Wildman–Crippen LogP) is 2.00. The summed E-state index contributed by atoms with van der Waals surface area (Å²) >= 11 is 12.2. The minimum atomic E-state index is -0.448. The van der Waals surface area contributed by atoms with E-state index in [0.717, 1.165) is 22.9 Å². The number of thiazole rings is 2. The first-order valence-corrected chi connectivity index (χ1v) is 20.6. The van der Waals surface area contributed by atoms with E-state index in [0.29, 0.717) is 18.0 Å². The van der Waals surface area contributed by atoms with Crippen LogP contribution in [0.1, 0.15) is 51.8 Å². The first kappa shape index (κ1) is 37.6. The number of hydrogen-bond donors (Lipinski definition) is 2. The summed E-state index contributed by atoms with van der Waals surface area (Å²) in [6, 6.07) is 0. The van der Waals surface area contributed by atoms with Crippen LogP contribution in [0.25, 0.3) is 0 Å². The second-order valence-electron chi connectivity index (χ2n) is 4.52. The van der Waals surface area contributed by atoms with Crippen molar-refractivity contribution in [2.45, 2.75) is 33.6 Å². The van der Waals surface area contributed by atoms with Gasteiger partial charge in [-0.15, -0.1) is 22.7 Å². The fourth-order valence-electron chi connectivity index (χ4n) is 1.42. The Balaban J connectivity index is -0.000000402. The Morgan fingerprint density at radius 3 is 1.67 bits per heavy atom. The smallest absolute Gasteiger partial charge is 0.357 e. The molecule has 0 spiro atoms. The van der Waals surface area contributed by atoms with E-state index in [1.165, 1.54) is 40.4 Å². The lowest BCUT2D eigenvalue weighted by Crippen LogP contribution is -2.11. The monoisotopic (exact) mass is 664 g/mol. The number of nitrogens with two attached hydrogens (primary N) is 1. The van der Waals surface area contributed by atoms with Crippen LogP contribution in [-0.4, -0.2) is 33.9 Å². The van der Waals surface area contributed by atoms with Crippen molar-refractivity contribution in [1.82, 2.24) is 16.1 Å². The maximum absolute atomic E-state index is 11.1. The third-order valence-electron chi connectivity index (χ3n) is 2.61. The van der Waals surface area contributed by atoms with Gasteiger partial charge in [-0.1, -0.05) is 13.8 Å². The molecule has 0 fully saturated rings. The molecule has 2 rings (SSSR count). The molecule has 0 saturated heterocycles. The van der Waals surface area contributed by atoms with E-state index in [-0.39, 0.29) is 17.6 Å². The second kappa shape index (κ2) is 25.2. The zero-order valence-electron chi connectivity index (χ0n) is 17.7. The number of amides is 1. The quantitative estimate of drug-likeness (QED) is 0.459. The highest BCUT2D eigenvalue weighted by Crippen LogP contribution is 2.11. The Bertz CT molecular complexity index is 1110. The minimum absolute atomic E-state index is 0. The van der Waals surface area contributed by atoms with Gasteiger partial charge in [-0.2, -0.15) is 0 Å². The third kappa shape index (κ3) is 19.0. The molecule has 0 aliphatic rings. The van der Waals surface area contributed by atoms with Crippen LogP contribution in [0.2, 0.25) is 0 Å². The molecule has 0 aromatic carbocycles. The van der Waals surface area contributed by atoms with Crippen molar-refractivity contribution in [2.24, 2.45) is 5.73 Å². The molecule has 1 amide bonds. The van der Waals surface area contributed by atoms with Crippen LogP contribution in [0.15, 0.2) is 10.8 Å². The average Bonchev–Trinajstić information content (AvgIpc) is 3.44. The standard InChI is InChI=1S/C8H11NO2S.C6H8N2OS.H3N.H2O.S9/c1-3-7-9-6(5-12-7)8(10)11-4-2;1-2-5-8-4(3-10-5)6(7)9;;;1-3-5-7-9-8-6-4-2/h5H,3-4H2,1-2H3;3H,2H2,1H3,(H2,7,9);1H3;1H2;. The number of esters is 1. The molecular weight excluding hydrogens is 641 g/mol. The number of primary amides is 1. The van der Waals surface area contributed by atoms with Crippen molar-refractivity contribution in [3.63, 3.8) is 0 Å². The van der Waals surface area contributed by atoms with Crippen LogP contribution in [0.5, 0.6) is 0 Å². The van der Waals surface area contributed by atoms with E-state index in [1.54, 1.807) is 62.1 Å². The summed E-state index contributed by atoms with van der Waals surface area (Å²) in [7, 11) is 10.9. The highest BCUT2D eigenvalue weighted by molar-refractivity contribution is 8.72. The summed E-state index contributed by atoms with van der Waals surface area (Å²) in [6.07, 6.45) is 1.72. The highest BCUT2D eigenvalue weighted by atomic mass is 33.4. The average molecular weight is 665 g/mol. The van der Waals surface area contributed by atoms with Crippen LogP contribution < -0.4 is 11.9 Å². The summed E-state index contributed by atoms with van der Waals surface area (Å²) in [4.78, 5) is 29.7. The topological polar surface area (TPSA) is 162 Å². The number of nitrogens with zero attached hydrogens (tertiary/aromatic N) is 2. The lowest BCUT2D eigenvalue weighted by molar-refractivity contribution is 0.0520. The number of rotatable bonds is 5. The van der Waals surface area contributed by atoms with Gasteiger partial charge in [0.05, 0.1) is 16.6 Å². The van der Waals surface area contributed by atoms with Gasteiger partial charge in [0.2, 0.25) is 0 Å². The summed E-state index contributed by atoms with van der Waals surface area (Å²) < 4.78 is 4.79. The summed E-state index contributed by atoms with van der Waals surface area (Å²) in [5.74, 6) is -0.774. The van der Waals surface area contributed by atoms with Gasteiger partial charge in [-0.25, -0.2) is 14.8 Å². The Kier molecular flexibility index (Phi) is 28.7. The van der Waals surface area contributed by atoms with Crippen LogP contribution in [-0.2, 0) is 102 Å². The fraction of sp³-hybridized carbons (Fsp3) is 0.429. The van der Waals surface area contributed by atoms with E-state index < -0.39 is 5.91 Å². The molecule has 19 heteroatoms. The molecule has 8 nitrogen and oxygen atoms in total. The third-order valence-corrected chi connectivity index (χ3v) is 17.9. The van der Waals surface area contributed by atoms with Crippen LogP contribution in [0, 0.1) is 0 Å². The predicted molar refractivity (Wildman–Crippen MR) is 162 cm³/mol. The van der Waals surface area contributed by atoms with E-state index in [2.05, 4.69) is 32.3 Å². The number of ether oxygens (including phenoxy) is 1. The second-order valence-corrected chi connectivity index (χ2v) is 18.8. The van der Waals surface area contributed by atoms with Gasteiger partial charge in [-0.05, 0) is 19.8 Å². The molecule has 0 bridgehead atoms. The van der Waals surface area contributed by atoms with Crippen LogP contribution >= 0.6 is 22.7 Å². The summed E-state index contributed by atoms with van der Waals surface area (Å²) in [6.45, 7) is 6.18. The maximum atomic E-state index is 11.1. The van der Waals surface area contributed by atoms with Gasteiger partial charge >= 0.3 is 5.97 Å². The Morgan fingerprint density at radius 1 is 0.909 bits per heavy atom. The van der Waals surface area contributed by atoms with Crippen molar-refractivity contribution in [2.75, 3.05) is 6.61 Å². The zero-order valence-corrected chi connectivity index (χ0v) is 26.7. The highest BCUT2D eigenvalue weighted by Gasteiger charge is 2.09. The molecule has 7 N–H and O–H groups in total. The lowest BCUT2D eigenvalue weighted by atomic mass is 10.4. The van der Waals surface area contributed by atoms with Crippen molar-refractivity contribution < 1.29 is 19.8 Å². The van der Waals surface area contributed by atoms with Crippen molar-refractivity contribution in [3.05, 3.63) is 32.2 Å². The molecule has 0 radical (unpaired) electrons. The number of carbonyl (C=O) groups is 2. The van der Waals surface area contributed by atoms with Gasteiger partial charge in [-0.3, -0.25) is 4.79 Å². The molecule has 190 valence electrons. The Hall–Kier alpha value is 0.1000. The van der Waals surface area contributed by atoms with E-state index in [9.17, 15) is 9.59 Å². The van der Waals surface area contributed by atoms with Gasteiger partial charge < -0.3 is 22.1 Å². The van der Waals surface area contributed by atoms with Crippen molar-refractivity contribution in [1.29, 1.82) is 0 Å². The lowest BCUT2D eigenvalue weighted by Gasteiger charge is -1.95. The normalized spacial score (nSPS) is 8.33. The molecule has 33 heavy (non-hydrogen) atoms. The molecule has 0 saturated carbocycles. The largest absolute Gasteiger partial charge is 0.461 e. The number of aromatic nitrogens is 2. The molecule has 2 heterocycles. The number of hydrogen-bond acceptors (Lipinski definition) is 10. The molecule has 0 unspecified atom stereocenters. The number of aryl methyl sites for hydroxylation is 2. The minimum Gasteiger partial charge on any atom is -0.461 e. The van der Waals surface area contributed by atoms with E-state index in [1.807, 2.05) is 13.8 Å².